The van der Waals surface area contributed by atoms with Crippen molar-refractivity contribution in [3.05, 3.63) is 93.2 Å². The maximum absolute atomic E-state index is 15.3. The number of benzene rings is 2. The first-order chi connectivity index (χ1) is 18.7. The number of pyridine rings is 1. The molecule has 2 aliphatic rings. The molecule has 2 atom stereocenters. The van der Waals surface area contributed by atoms with Gasteiger partial charge in [-0.15, -0.1) is 0 Å². The van der Waals surface area contributed by atoms with E-state index in [2.05, 4.69) is 4.74 Å². The lowest BCUT2D eigenvalue weighted by molar-refractivity contribution is 0.0131. The highest BCUT2D eigenvalue weighted by atomic mass is 19.2. The van der Waals surface area contributed by atoms with Crippen LogP contribution in [-0.4, -0.2) is 55.4 Å². The molecule has 0 saturated heterocycles. The molecule has 13 heteroatoms. The number of hydrogen-bond acceptors (Lipinski definition) is 8. The highest BCUT2D eigenvalue weighted by Gasteiger charge is 2.44. The molecule has 1 aromatic heterocycles. The Morgan fingerprint density at radius 3 is 2.54 bits per heavy atom. The minimum Gasteiger partial charge on any atom is -0.493 e. The summed E-state index contributed by atoms with van der Waals surface area (Å²) in [5, 5.41) is 1.57. The molecule has 0 fully saturated rings. The van der Waals surface area contributed by atoms with Gasteiger partial charge in [0.15, 0.2) is 17.3 Å². The van der Waals surface area contributed by atoms with E-state index in [0.717, 1.165) is 25.3 Å². The fourth-order valence-corrected chi connectivity index (χ4v) is 4.78. The molecule has 39 heavy (non-hydrogen) atoms. The van der Waals surface area contributed by atoms with Crippen molar-refractivity contribution in [3.8, 4) is 11.5 Å². The predicted molar refractivity (Wildman–Crippen MR) is 128 cm³/mol. The van der Waals surface area contributed by atoms with Crippen molar-refractivity contribution >= 4 is 12.1 Å². The average molecular weight is 545 g/mol. The normalized spacial score (nSPS) is 18.1. The number of aromatic nitrogens is 1. The zero-order valence-electron chi connectivity index (χ0n) is 20.7. The molecule has 0 saturated carbocycles. The van der Waals surface area contributed by atoms with Crippen LogP contribution < -0.4 is 19.9 Å². The molecule has 0 bridgehead atoms. The number of hydrogen-bond donors (Lipinski definition) is 0. The van der Waals surface area contributed by atoms with Gasteiger partial charge >= 0.3 is 6.16 Å². The largest absolute Gasteiger partial charge is 0.510 e. The first-order valence-corrected chi connectivity index (χ1v) is 11.7. The first-order valence-electron chi connectivity index (χ1n) is 11.7. The van der Waals surface area contributed by atoms with Gasteiger partial charge in [-0.2, -0.15) is 0 Å². The summed E-state index contributed by atoms with van der Waals surface area (Å²) in [6.45, 7) is -0.732. The van der Waals surface area contributed by atoms with E-state index >= 15 is 4.39 Å². The van der Waals surface area contributed by atoms with E-state index in [0.29, 0.717) is 0 Å². The highest BCUT2D eigenvalue weighted by Crippen LogP contribution is 2.42. The van der Waals surface area contributed by atoms with Gasteiger partial charge in [-0.25, -0.2) is 18.0 Å². The number of carbonyl (C=O) groups is 2. The Kier molecular flexibility index (Phi) is 6.81. The predicted octanol–water partition coefficient (Wildman–Crippen LogP) is 3.31. The molecule has 1 amide bonds. The van der Waals surface area contributed by atoms with Gasteiger partial charge < -0.3 is 23.8 Å². The van der Waals surface area contributed by atoms with Crippen LogP contribution >= 0.6 is 0 Å². The van der Waals surface area contributed by atoms with Crippen LogP contribution in [0.5, 0.6) is 11.5 Å². The number of fused-ring (bicyclic) bond motifs is 4. The molecule has 0 radical (unpaired) electrons. The van der Waals surface area contributed by atoms with Crippen LogP contribution in [0.3, 0.4) is 0 Å². The monoisotopic (exact) mass is 545 g/mol. The van der Waals surface area contributed by atoms with Gasteiger partial charge in [0.1, 0.15) is 23.8 Å². The Bertz CT molecular complexity index is 1510. The van der Waals surface area contributed by atoms with Gasteiger partial charge in [0.05, 0.1) is 13.7 Å². The van der Waals surface area contributed by atoms with Crippen molar-refractivity contribution in [1.29, 1.82) is 0 Å². The van der Waals surface area contributed by atoms with Crippen LogP contribution in [0.4, 0.5) is 18.0 Å². The minimum absolute atomic E-state index is 0.00666. The summed E-state index contributed by atoms with van der Waals surface area (Å²) in [4.78, 5) is 39.0. The molecule has 0 spiro atoms. The summed E-state index contributed by atoms with van der Waals surface area (Å²) in [6, 6.07) is 7.52. The van der Waals surface area contributed by atoms with Crippen LogP contribution in [0.25, 0.3) is 0 Å². The van der Waals surface area contributed by atoms with Crippen LogP contribution in [0, 0.1) is 17.5 Å². The van der Waals surface area contributed by atoms with E-state index in [9.17, 15) is 23.2 Å². The van der Waals surface area contributed by atoms with Crippen LogP contribution in [0.2, 0.25) is 0 Å². The number of amides is 1. The molecular weight excluding hydrogens is 523 g/mol. The lowest BCUT2D eigenvalue weighted by atomic mass is 9.94. The van der Waals surface area contributed by atoms with Crippen molar-refractivity contribution in [3.63, 3.8) is 0 Å². The van der Waals surface area contributed by atoms with Crippen molar-refractivity contribution in [2.75, 3.05) is 32.6 Å². The Morgan fingerprint density at radius 2 is 1.79 bits per heavy atom. The lowest BCUT2D eigenvalue weighted by Crippen LogP contribution is -2.62. The number of nitrogens with zero attached hydrogens (tertiary/aromatic N) is 3. The molecule has 0 aliphatic carbocycles. The molecule has 0 N–H and O–H groups in total. The van der Waals surface area contributed by atoms with Crippen molar-refractivity contribution in [1.82, 2.24) is 9.58 Å². The van der Waals surface area contributed by atoms with Crippen molar-refractivity contribution in [2.45, 2.75) is 18.6 Å². The smallest absolute Gasteiger partial charge is 0.493 e. The van der Waals surface area contributed by atoms with E-state index in [1.165, 1.54) is 41.0 Å². The minimum atomic E-state index is -1.18. The lowest BCUT2D eigenvalue weighted by Gasteiger charge is -2.50. The van der Waals surface area contributed by atoms with E-state index < -0.39 is 59.7 Å². The fourth-order valence-electron chi connectivity index (χ4n) is 4.78. The number of carbonyl (C=O) groups excluding carboxylic acids is 2. The Morgan fingerprint density at radius 1 is 1.05 bits per heavy atom. The third-order valence-corrected chi connectivity index (χ3v) is 6.55. The molecule has 204 valence electrons. The molecule has 3 heterocycles. The maximum Gasteiger partial charge on any atom is 0.510 e. The third kappa shape index (κ3) is 4.49. The summed E-state index contributed by atoms with van der Waals surface area (Å²) < 4.78 is 65.8. The van der Waals surface area contributed by atoms with Crippen LogP contribution in [0.15, 0.2) is 53.5 Å². The molecule has 2 aliphatic heterocycles. The molecule has 1 unspecified atom stereocenters. The summed E-state index contributed by atoms with van der Waals surface area (Å²) in [5.74, 6) is -4.04. The summed E-state index contributed by atoms with van der Waals surface area (Å²) >= 11 is 0. The van der Waals surface area contributed by atoms with E-state index in [-0.39, 0.29) is 35.6 Å². The van der Waals surface area contributed by atoms with Crippen LogP contribution in [-0.2, 0) is 9.47 Å². The summed E-state index contributed by atoms with van der Waals surface area (Å²) in [5.41, 5.74) is -0.778. The summed E-state index contributed by atoms with van der Waals surface area (Å²) in [6.07, 6.45) is -0.367. The molecular formula is C26H22F3N3O7. The second-order valence-corrected chi connectivity index (χ2v) is 8.70. The molecule has 10 nitrogen and oxygen atoms in total. The van der Waals surface area contributed by atoms with Gasteiger partial charge in [-0.05, 0) is 12.1 Å². The Hall–Kier alpha value is -4.68. The molecule has 2 aromatic carbocycles. The van der Waals surface area contributed by atoms with Crippen molar-refractivity contribution < 1.29 is 41.7 Å². The number of methoxy groups -OCH3 is 1. The van der Waals surface area contributed by atoms with Gasteiger partial charge in [-0.1, -0.05) is 18.2 Å². The second kappa shape index (κ2) is 10.2. The molecule has 3 aromatic rings. The van der Waals surface area contributed by atoms with E-state index in [4.69, 9.17) is 14.2 Å². The zero-order valence-corrected chi connectivity index (χ0v) is 20.7. The summed E-state index contributed by atoms with van der Waals surface area (Å²) in [7, 11) is 2.56. The maximum atomic E-state index is 15.3. The second-order valence-electron chi connectivity index (χ2n) is 8.70. The van der Waals surface area contributed by atoms with Crippen LogP contribution in [0.1, 0.15) is 34.1 Å². The number of halogens is 3. The van der Waals surface area contributed by atoms with Gasteiger partial charge in [0.25, 0.3) is 5.91 Å². The number of ether oxygens (including phenoxy) is 4. The topological polar surface area (TPSA) is 99.5 Å². The first kappa shape index (κ1) is 25.9. The van der Waals surface area contributed by atoms with Gasteiger partial charge in [-0.3, -0.25) is 19.3 Å². The van der Waals surface area contributed by atoms with E-state index in [1.54, 1.807) is 11.1 Å². The quantitative estimate of drug-likeness (QED) is 0.364. The number of rotatable bonds is 4. The van der Waals surface area contributed by atoms with Gasteiger partial charge in [0, 0.05) is 42.9 Å². The molecule has 5 rings (SSSR count). The third-order valence-electron chi connectivity index (χ3n) is 6.55. The van der Waals surface area contributed by atoms with E-state index in [1.807, 2.05) is 0 Å². The SMILES string of the molecule is COC(=O)OCOc1c2n(ccc1=O)N1C(c3ccccc3F)c3cc(F)c(F)cc3OCC[C@H]1N(C)C2=O. The Labute approximate surface area is 219 Å². The zero-order chi connectivity index (χ0) is 27.8. The highest BCUT2D eigenvalue weighted by molar-refractivity contribution is 5.96. The average Bonchev–Trinajstić information content (AvgIpc) is 2.91. The standard InChI is InChI=1S/C26H22F3N3O7/c1-30-21-8-10-37-20-12-18(29)17(28)11-15(20)22(14-5-3-4-6-16(14)27)32(21)31-9-7-19(33)24(23(31)25(30)34)38-13-39-26(35)36-2/h3-7,9,11-12,21-22H,8,10,13H2,1-2H3/t21-,22?/m0/s1. The Balaban J connectivity index is 1.75. The van der Waals surface area contributed by atoms with Crippen molar-refractivity contribution in [2.24, 2.45) is 0 Å². The fraction of sp³-hybridized carbons (Fsp3) is 0.269. The van der Waals surface area contributed by atoms with Gasteiger partial charge in [0.2, 0.25) is 18.0 Å².